The molecule has 23 heavy (non-hydrogen) atoms. The van der Waals surface area contributed by atoms with E-state index in [0.717, 1.165) is 32.1 Å². The lowest BCUT2D eigenvalue weighted by Crippen LogP contribution is -2.32. The van der Waals surface area contributed by atoms with E-state index in [-0.39, 0.29) is 24.3 Å². The van der Waals surface area contributed by atoms with Crippen LogP contribution in [0.15, 0.2) is 24.3 Å². The van der Waals surface area contributed by atoms with Crippen molar-refractivity contribution in [2.75, 3.05) is 5.32 Å². The maximum atomic E-state index is 12.4. The number of nitrogens with one attached hydrogen (secondary N) is 1. The minimum absolute atomic E-state index is 0.00210. The van der Waals surface area contributed by atoms with Gasteiger partial charge in [0.15, 0.2) is 0 Å². The standard InChI is InChI=1S/C17H22N2O4/c18-16(23)12-6-2-3-7-13(12)19-14(20)10-17(11-15(21)22)8-4-1-5-9-17/h2-3,6-7H,1,4-5,8-11H2,(H2,18,23)(H,19,20)(H,21,22). The molecule has 0 unspecified atom stereocenters. The molecular weight excluding hydrogens is 296 g/mol. The van der Waals surface area contributed by atoms with Crippen molar-refractivity contribution in [1.82, 2.24) is 0 Å². The summed E-state index contributed by atoms with van der Waals surface area (Å²) >= 11 is 0. The van der Waals surface area contributed by atoms with E-state index >= 15 is 0 Å². The van der Waals surface area contributed by atoms with Gasteiger partial charge in [0.1, 0.15) is 0 Å². The van der Waals surface area contributed by atoms with E-state index in [1.165, 1.54) is 0 Å². The van der Waals surface area contributed by atoms with E-state index < -0.39 is 17.3 Å². The molecule has 1 fully saturated rings. The summed E-state index contributed by atoms with van der Waals surface area (Å²) in [6.45, 7) is 0. The minimum Gasteiger partial charge on any atom is -0.481 e. The number of hydrogen-bond acceptors (Lipinski definition) is 3. The molecule has 1 aliphatic carbocycles. The van der Waals surface area contributed by atoms with Crippen LogP contribution in [-0.2, 0) is 9.59 Å². The van der Waals surface area contributed by atoms with E-state index in [0.29, 0.717) is 5.69 Å². The van der Waals surface area contributed by atoms with Crippen LogP contribution in [-0.4, -0.2) is 22.9 Å². The average Bonchev–Trinajstić information content (AvgIpc) is 2.47. The quantitative estimate of drug-likeness (QED) is 0.748. The van der Waals surface area contributed by atoms with Crippen LogP contribution in [0.3, 0.4) is 0 Å². The molecule has 0 heterocycles. The molecule has 6 nitrogen and oxygen atoms in total. The summed E-state index contributed by atoms with van der Waals surface area (Å²) in [5.74, 6) is -1.77. The summed E-state index contributed by atoms with van der Waals surface area (Å²) in [4.78, 5) is 34.9. The number of carbonyl (C=O) groups excluding carboxylic acids is 2. The molecule has 1 aromatic rings. The second-order valence-corrected chi connectivity index (χ2v) is 6.27. The lowest BCUT2D eigenvalue weighted by molar-refractivity contribution is -0.140. The van der Waals surface area contributed by atoms with Crippen LogP contribution >= 0.6 is 0 Å². The van der Waals surface area contributed by atoms with Gasteiger partial charge in [0.2, 0.25) is 5.91 Å². The number of carboxylic acid groups (broad SMARTS) is 1. The van der Waals surface area contributed by atoms with Gasteiger partial charge in [0.05, 0.1) is 17.7 Å². The van der Waals surface area contributed by atoms with Gasteiger partial charge >= 0.3 is 5.97 Å². The highest BCUT2D eigenvalue weighted by atomic mass is 16.4. The van der Waals surface area contributed by atoms with Gasteiger partial charge in [-0.05, 0) is 30.4 Å². The predicted molar refractivity (Wildman–Crippen MR) is 86.0 cm³/mol. The van der Waals surface area contributed by atoms with Gasteiger partial charge in [-0.2, -0.15) is 0 Å². The lowest BCUT2D eigenvalue weighted by Gasteiger charge is -2.35. The van der Waals surface area contributed by atoms with Gasteiger partial charge in [-0.15, -0.1) is 0 Å². The molecule has 1 aliphatic rings. The van der Waals surface area contributed by atoms with Gasteiger partial charge in [0.25, 0.3) is 5.91 Å². The third-order valence-corrected chi connectivity index (χ3v) is 4.44. The van der Waals surface area contributed by atoms with Crippen LogP contribution in [0.1, 0.15) is 55.3 Å². The molecule has 4 N–H and O–H groups in total. The van der Waals surface area contributed by atoms with Crippen molar-refractivity contribution in [1.29, 1.82) is 0 Å². The molecule has 124 valence electrons. The monoisotopic (exact) mass is 318 g/mol. The molecule has 0 aromatic heterocycles. The van der Waals surface area contributed by atoms with Crippen molar-refractivity contribution >= 4 is 23.5 Å². The molecule has 1 saturated carbocycles. The summed E-state index contributed by atoms with van der Waals surface area (Å²) in [5.41, 5.74) is 5.42. The Morgan fingerprint density at radius 3 is 2.35 bits per heavy atom. The molecule has 0 aliphatic heterocycles. The zero-order valence-corrected chi connectivity index (χ0v) is 13.0. The number of benzene rings is 1. The minimum atomic E-state index is -0.878. The number of hydrogen-bond donors (Lipinski definition) is 3. The predicted octanol–water partition coefficient (Wildman–Crippen LogP) is 2.54. The summed E-state index contributed by atoms with van der Waals surface area (Å²) in [7, 11) is 0. The molecular formula is C17H22N2O4. The third kappa shape index (κ3) is 4.55. The van der Waals surface area contributed by atoms with Gasteiger partial charge in [0, 0.05) is 6.42 Å². The smallest absolute Gasteiger partial charge is 0.303 e. The van der Waals surface area contributed by atoms with Crippen LogP contribution < -0.4 is 11.1 Å². The number of carbonyl (C=O) groups is 3. The number of anilines is 1. The normalized spacial score (nSPS) is 16.5. The van der Waals surface area contributed by atoms with Gasteiger partial charge in [-0.25, -0.2) is 0 Å². The molecule has 0 atom stereocenters. The van der Waals surface area contributed by atoms with E-state index in [2.05, 4.69) is 5.32 Å². The van der Waals surface area contributed by atoms with E-state index in [1.54, 1.807) is 24.3 Å². The van der Waals surface area contributed by atoms with Crippen molar-refractivity contribution in [2.24, 2.45) is 11.1 Å². The highest BCUT2D eigenvalue weighted by Gasteiger charge is 2.36. The number of carboxylic acids is 1. The number of amides is 2. The SMILES string of the molecule is NC(=O)c1ccccc1NC(=O)CC1(CC(=O)O)CCCCC1. The van der Waals surface area contributed by atoms with Crippen molar-refractivity contribution in [2.45, 2.75) is 44.9 Å². The van der Waals surface area contributed by atoms with Crippen LogP contribution in [0.4, 0.5) is 5.69 Å². The molecule has 2 rings (SSSR count). The van der Waals surface area contributed by atoms with Crippen LogP contribution in [0.2, 0.25) is 0 Å². The highest BCUT2D eigenvalue weighted by Crippen LogP contribution is 2.42. The molecule has 6 heteroatoms. The second-order valence-electron chi connectivity index (χ2n) is 6.27. The largest absolute Gasteiger partial charge is 0.481 e. The van der Waals surface area contributed by atoms with Crippen LogP contribution in [0, 0.1) is 5.41 Å². The topological polar surface area (TPSA) is 109 Å². The first-order chi connectivity index (χ1) is 10.9. The Kier molecular flexibility index (Phi) is 5.36. The molecule has 1 aromatic carbocycles. The van der Waals surface area contributed by atoms with Gasteiger partial charge in [-0.1, -0.05) is 31.4 Å². The first-order valence-corrected chi connectivity index (χ1v) is 7.82. The molecule has 0 bridgehead atoms. The highest BCUT2D eigenvalue weighted by molar-refractivity contribution is 6.03. The Morgan fingerprint density at radius 2 is 1.74 bits per heavy atom. The fraction of sp³-hybridized carbons (Fsp3) is 0.471. The van der Waals surface area contributed by atoms with Crippen molar-refractivity contribution in [3.63, 3.8) is 0 Å². The maximum absolute atomic E-state index is 12.4. The van der Waals surface area contributed by atoms with Crippen molar-refractivity contribution < 1.29 is 19.5 Å². The fourth-order valence-electron chi connectivity index (χ4n) is 3.38. The van der Waals surface area contributed by atoms with Gasteiger partial charge < -0.3 is 16.2 Å². The van der Waals surface area contributed by atoms with Gasteiger partial charge in [-0.3, -0.25) is 14.4 Å². The first kappa shape index (κ1) is 17.0. The zero-order chi connectivity index (χ0) is 16.9. The van der Waals surface area contributed by atoms with E-state index in [4.69, 9.17) is 10.8 Å². The molecule has 2 amide bonds. The second kappa shape index (κ2) is 7.26. The van der Waals surface area contributed by atoms with Crippen molar-refractivity contribution in [3.05, 3.63) is 29.8 Å². The van der Waals surface area contributed by atoms with E-state index in [1.807, 2.05) is 0 Å². The zero-order valence-electron chi connectivity index (χ0n) is 13.0. The maximum Gasteiger partial charge on any atom is 0.303 e. The Balaban J connectivity index is 2.10. The fourth-order valence-corrected chi connectivity index (χ4v) is 3.38. The summed E-state index contributed by atoms with van der Waals surface area (Å²) < 4.78 is 0. The van der Waals surface area contributed by atoms with Crippen molar-refractivity contribution in [3.8, 4) is 0 Å². The number of nitrogens with two attached hydrogens (primary N) is 1. The Bertz CT molecular complexity index is 606. The Labute approximate surface area is 135 Å². The summed E-state index contributed by atoms with van der Waals surface area (Å²) in [5, 5.41) is 11.9. The summed E-state index contributed by atoms with van der Waals surface area (Å²) in [6, 6.07) is 6.53. The number of primary amides is 1. The first-order valence-electron chi connectivity index (χ1n) is 7.82. The third-order valence-electron chi connectivity index (χ3n) is 4.44. The van der Waals surface area contributed by atoms with Crippen LogP contribution in [0.25, 0.3) is 0 Å². The number of rotatable bonds is 6. The number of para-hydroxylation sites is 1. The Morgan fingerprint density at radius 1 is 1.09 bits per heavy atom. The lowest BCUT2D eigenvalue weighted by atomic mass is 9.69. The number of aliphatic carboxylic acids is 1. The molecule has 0 spiro atoms. The van der Waals surface area contributed by atoms with E-state index in [9.17, 15) is 14.4 Å². The Hall–Kier alpha value is -2.37. The average molecular weight is 318 g/mol. The summed E-state index contributed by atoms with van der Waals surface area (Å²) in [6.07, 6.45) is 4.59. The molecule has 0 saturated heterocycles. The molecule has 0 radical (unpaired) electrons. The van der Waals surface area contributed by atoms with Crippen LogP contribution in [0.5, 0.6) is 0 Å².